The summed E-state index contributed by atoms with van der Waals surface area (Å²) < 4.78 is 13.3. The van der Waals surface area contributed by atoms with Crippen molar-refractivity contribution in [2.45, 2.75) is 38.3 Å². The summed E-state index contributed by atoms with van der Waals surface area (Å²) in [4.78, 5) is 14.6. The molecule has 154 valence electrons. The molecule has 1 heterocycles. The van der Waals surface area contributed by atoms with E-state index in [-0.39, 0.29) is 55.0 Å². The average molecular weight is 428 g/mol. The molecule has 2 aromatic rings. The van der Waals surface area contributed by atoms with E-state index >= 15 is 0 Å². The van der Waals surface area contributed by atoms with Crippen molar-refractivity contribution < 1.29 is 9.18 Å². The molecule has 0 radical (unpaired) electrons. The molecule has 0 aromatic heterocycles. The summed E-state index contributed by atoms with van der Waals surface area (Å²) in [6.07, 6.45) is 2.21. The van der Waals surface area contributed by atoms with E-state index in [4.69, 9.17) is 5.73 Å². The molecular weight excluding hydrogens is 400 g/mol. The second kappa shape index (κ2) is 11.2. The Balaban J connectivity index is 0.00000196. The summed E-state index contributed by atoms with van der Waals surface area (Å²) in [5.74, 6) is -0.243. The van der Waals surface area contributed by atoms with Gasteiger partial charge in [0.05, 0.1) is 0 Å². The van der Waals surface area contributed by atoms with Crippen LogP contribution in [0.15, 0.2) is 48.5 Å². The van der Waals surface area contributed by atoms with Gasteiger partial charge in [0.2, 0.25) is 5.91 Å². The van der Waals surface area contributed by atoms with Crippen molar-refractivity contribution in [3.63, 3.8) is 0 Å². The third-order valence-electron chi connectivity index (χ3n) is 4.92. The van der Waals surface area contributed by atoms with Crippen molar-refractivity contribution in [1.82, 2.24) is 5.32 Å². The molecule has 1 amide bonds. The Morgan fingerprint density at radius 2 is 1.96 bits per heavy atom. The maximum Gasteiger partial charge on any atom is 0.222 e. The number of benzene rings is 2. The fourth-order valence-electron chi connectivity index (χ4n) is 3.59. The molecule has 0 saturated carbocycles. The van der Waals surface area contributed by atoms with Gasteiger partial charge in [-0.3, -0.25) is 4.79 Å². The van der Waals surface area contributed by atoms with Gasteiger partial charge in [0, 0.05) is 37.3 Å². The quantitative estimate of drug-likeness (QED) is 0.752. The van der Waals surface area contributed by atoms with Crippen LogP contribution in [0.2, 0.25) is 0 Å². The van der Waals surface area contributed by atoms with Crippen molar-refractivity contribution in [1.29, 1.82) is 0 Å². The highest BCUT2D eigenvalue weighted by Crippen LogP contribution is 2.24. The number of nitrogens with one attached hydrogen (secondary N) is 1. The molecule has 2 atom stereocenters. The number of halogens is 3. The second-order valence-electron chi connectivity index (χ2n) is 7.00. The number of aryl methyl sites for hydroxylation is 1. The van der Waals surface area contributed by atoms with Gasteiger partial charge in [-0.15, -0.1) is 24.8 Å². The molecule has 1 aliphatic rings. The maximum absolute atomic E-state index is 13.3. The third kappa shape index (κ3) is 6.36. The van der Waals surface area contributed by atoms with Gasteiger partial charge >= 0.3 is 0 Å². The molecule has 7 heteroatoms. The van der Waals surface area contributed by atoms with Gasteiger partial charge < -0.3 is 16.0 Å². The highest BCUT2D eigenvalue weighted by Gasteiger charge is 2.23. The lowest BCUT2D eigenvalue weighted by Gasteiger charge is -2.35. The van der Waals surface area contributed by atoms with Gasteiger partial charge in [0.1, 0.15) is 5.82 Å². The second-order valence-corrected chi connectivity index (χ2v) is 7.00. The van der Waals surface area contributed by atoms with Gasteiger partial charge in [0.15, 0.2) is 0 Å². The molecule has 0 aliphatic carbocycles. The maximum atomic E-state index is 13.3. The van der Waals surface area contributed by atoms with Crippen molar-refractivity contribution in [3.05, 3.63) is 65.5 Å². The molecule has 3 N–H and O–H groups in total. The zero-order valence-electron chi connectivity index (χ0n) is 15.9. The van der Waals surface area contributed by atoms with E-state index in [9.17, 15) is 9.18 Å². The minimum absolute atomic E-state index is 0. The van der Waals surface area contributed by atoms with E-state index in [1.807, 2.05) is 43.3 Å². The largest absolute Gasteiger partial charge is 0.369 e. The number of hydrogen-bond donors (Lipinski definition) is 2. The number of hydrogen-bond acceptors (Lipinski definition) is 3. The van der Waals surface area contributed by atoms with Crippen LogP contribution in [0, 0.1) is 12.7 Å². The zero-order valence-corrected chi connectivity index (χ0v) is 17.6. The first-order chi connectivity index (χ1) is 12.5. The lowest BCUT2D eigenvalue weighted by Crippen LogP contribution is -2.48. The Hall–Kier alpha value is -1.82. The van der Waals surface area contributed by atoms with Crippen LogP contribution >= 0.6 is 24.8 Å². The standard InChI is InChI=1S/C21H26FN3O.2ClH/c1-15-12-17(22)9-10-20(15)25-11-5-8-18(14-25)24-21(26)13-19(23)16-6-3-2-4-7-16;;/h2-4,6-7,9-10,12,18-19H,5,8,11,13-14,23H2,1H3,(H,24,26);2*1H. The highest BCUT2D eigenvalue weighted by atomic mass is 35.5. The van der Waals surface area contributed by atoms with Crippen molar-refractivity contribution in [2.75, 3.05) is 18.0 Å². The fraction of sp³-hybridized carbons (Fsp3) is 0.381. The number of anilines is 1. The van der Waals surface area contributed by atoms with Crippen LogP contribution in [0.25, 0.3) is 0 Å². The summed E-state index contributed by atoms with van der Waals surface area (Å²) >= 11 is 0. The van der Waals surface area contributed by atoms with Crippen LogP contribution < -0.4 is 16.0 Å². The van der Waals surface area contributed by atoms with E-state index in [1.165, 1.54) is 6.07 Å². The van der Waals surface area contributed by atoms with Crippen LogP contribution in [0.1, 0.15) is 36.4 Å². The monoisotopic (exact) mass is 427 g/mol. The summed E-state index contributed by atoms with van der Waals surface area (Å²) in [6.45, 7) is 3.57. The molecule has 1 fully saturated rings. The topological polar surface area (TPSA) is 58.4 Å². The van der Waals surface area contributed by atoms with E-state index in [2.05, 4.69) is 10.2 Å². The van der Waals surface area contributed by atoms with Gasteiger partial charge in [-0.2, -0.15) is 0 Å². The smallest absolute Gasteiger partial charge is 0.222 e. The zero-order chi connectivity index (χ0) is 18.5. The first-order valence-electron chi connectivity index (χ1n) is 9.14. The van der Waals surface area contributed by atoms with Crippen LogP contribution in [0.3, 0.4) is 0 Å². The van der Waals surface area contributed by atoms with Gasteiger partial charge in [-0.1, -0.05) is 30.3 Å². The lowest BCUT2D eigenvalue weighted by atomic mass is 10.0. The van der Waals surface area contributed by atoms with Crippen LogP contribution in [-0.4, -0.2) is 25.0 Å². The fourth-order valence-corrected chi connectivity index (χ4v) is 3.59. The molecule has 2 unspecified atom stereocenters. The highest BCUT2D eigenvalue weighted by molar-refractivity contribution is 5.85. The van der Waals surface area contributed by atoms with Crippen molar-refractivity contribution >= 4 is 36.4 Å². The summed E-state index contributed by atoms with van der Waals surface area (Å²) in [7, 11) is 0. The van der Waals surface area contributed by atoms with Crippen LogP contribution in [0.4, 0.5) is 10.1 Å². The molecule has 0 spiro atoms. The number of nitrogens with two attached hydrogens (primary N) is 1. The first kappa shape index (κ1) is 24.2. The molecular formula is C21H28Cl2FN3O. The Bertz CT molecular complexity index is 761. The molecule has 4 nitrogen and oxygen atoms in total. The Kier molecular flexibility index (Phi) is 9.73. The van der Waals surface area contributed by atoms with Crippen LogP contribution in [-0.2, 0) is 4.79 Å². The molecule has 1 aliphatic heterocycles. The van der Waals surface area contributed by atoms with Crippen molar-refractivity contribution in [3.8, 4) is 0 Å². The number of carbonyl (C=O) groups is 1. The summed E-state index contributed by atoms with van der Waals surface area (Å²) in [5.41, 5.74) is 9.07. The Morgan fingerprint density at radius 3 is 2.64 bits per heavy atom. The number of amides is 1. The molecule has 0 bridgehead atoms. The number of carbonyl (C=O) groups excluding carboxylic acids is 1. The first-order valence-corrected chi connectivity index (χ1v) is 9.14. The lowest BCUT2D eigenvalue weighted by molar-refractivity contribution is -0.122. The molecule has 3 rings (SSSR count). The predicted octanol–water partition coefficient (Wildman–Crippen LogP) is 4.15. The Labute approximate surface area is 178 Å². The number of nitrogens with zero attached hydrogens (tertiary/aromatic N) is 1. The molecule has 1 saturated heterocycles. The SMILES string of the molecule is Cc1cc(F)ccc1N1CCCC(NC(=O)CC(N)c2ccccc2)C1.Cl.Cl. The predicted molar refractivity (Wildman–Crippen MR) is 117 cm³/mol. The summed E-state index contributed by atoms with van der Waals surface area (Å²) in [6, 6.07) is 14.3. The third-order valence-corrected chi connectivity index (χ3v) is 4.92. The van der Waals surface area contributed by atoms with Crippen LogP contribution in [0.5, 0.6) is 0 Å². The number of rotatable bonds is 5. The number of piperidine rings is 1. The molecule has 28 heavy (non-hydrogen) atoms. The minimum atomic E-state index is -0.296. The van der Waals surface area contributed by atoms with E-state index in [0.29, 0.717) is 0 Å². The van der Waals surface area contributed by atoms with Gasteiger partial charge in [0.25, 0.3) is 0 Å². The molecule has 2 aromatic carbocycles. The van der Waals surface area contributed by atoms with Gasteiger partial charge in [-0.25, -0.2) is 4.39 Å². The van der Waals surface area contributed by atoms with E-state index < -0.39 is 0 Å². The summed E-state index contributed by atoms with van der Waals surface area (Å²) in [5, 5.41) is 3.12. The Morgan fingerprint density at radius 1 is 1.25 bits per heavy atom. The van der Waals surface area contributed by atoms with Gasteiger partial charge in [-0.05, 0) is 49.1 Å². The average Bonchev–Trinajstić information content (AvgIpc) is 2.62. The minimum Gasteiger partial charge on any atom is -0.369 e. The normalized spacial score (nSPS) is 17.1. The van der Waals surface area contributed by atoms with E-state index in [0.717, 1.165) is 42.7 Å². The van der Waals surface area contributed by atoms with E-state index in [1.54, 1.807) is 6.07 Å². The van der Waals surface area contributed by atoms with Crippen molar-refractivity contribution in [2.24, 2.45) is 5.73 Å².